The Morgan fingerprint density at radius 2 is 1.76 bits per heavy atom. The van der Waals surface area contributed by atoms with Gasteiger partial charge in [-0.1, -0.05) is 56.5 Å². The topological polar surface area (TPSA) is 60.9 Å². The van der Waals surface area contributed by atoms with Crippen LogP contribution >= 0.6 is 0 Å². The summed E-state index contributed by atoms with van der Waals surface area (Å²) in [6.45, 7) is 3.41. The molecule has 6 heteroatoms. The molecule has 0 N–H and O–H groups in total. The molecule has 0 radical (unpaired) electrons. The molecule has 4 aliphatic rings. The molecule has 2 saturated carbocycles. The molecule has 0 unspecified atom stereocenters. The first-order valence-corrected chi connectivity index (χ1v) is 11.0. The number of urea groups is 1. The van der Waals surface area contributed by atoms with E-state index in [0.29, 0.717) is 19.6 Å². The van der Waals surface area contributed by atoms with Crippen LogP contribution in [0.25, 0.3) is 0 Å². The van der Waals surface area contributed by atoms with Crippen molar-refractivity contribution in [2.75, 3.05) is 19.6 Å². The maximum Gasteiger partial charge on any atom is 0.327 e. The molecule has 0 spiro atoms. The summed E-state index contributed by atoms with van der Waals surface area (Å²) in [4.78, 5) is 44.4. The number of hydrogen-bond donors (Lipinski definition) is 0. The van der Waals surface area contributed by atoms with Crippen LogP contribution in [0.3, 0.4) is 0 Å². The molecule has 3 atom stereocenters. The van der Waals surface area contributed by atoms with Crippen molar-refractivity contribution in [2.45, 2.75) is 63.5 Å². The Labute approximate surface area is 171 Å². The molecule has 2 aliphatic carbocycles. The molecule has 1 aromatic carbocycles. The summed E-state index contributed by atoms with van der Waals surface area (Å²) >= 11 is 0. The zero-order valence-electron chi connectivity index (χ0n) is 17.0. The Kier molecular flexibility index (Phi) is 4.41. The highest BCUT2D eigenvalue weighted by Crippen LogP contribution is 2.47. The first-order chi connectivity index (χ1) is 14.0. The van der Waals surface area contributed by atoms with Gasteiger partial charge in [0.1, 0.15) is 6.04 Å². The molecule has 0 bridgehead atoms. The molecule has 0 aromatic heterocycles. The number of fused-ring (bicyclic) bond motifs is 1. The number of imide groups is 1. The average molecular weight is 396 g/mol. The molecule has 2 aliphatic heterocycles. The van der Waals surface area contributed by atoms with Gasteiger partial charge in [0, 0.05) is 30.5 Å². The molecule has 6 nitrogen and oxygen atoms in total. The quantitative estimate of drug-likeness (QED) is 0.739. The molecule has 29 heavy (non-hydrogen) atoms. The summed E-state index contributed by atoms with van der Waals surface area (Å²) in [5.74, 6) is 0.290. The minimum atomic E-state index is -0.510. The predicted molar refractivity (Wildman–Crippen MR) is 108 cm³/mol. The monoisotopic (exact) mass is 395 g/mol. The molecular formula is C23H29N3O3. The number of hydrogen-bond acceptors (Lipinski definition) is 3. The summed E-state index contributed by atoms with van der Waals surface area (Å²) < 4.78 is 0. The third-order valence-electron chi connectivity index (χ3n) is 7.43. The second-order valence-corrected chi connectivity index (χ2v) is 9.39. The third-order valence-corrected chi connectivity index (χ3v) is 7.43. The van der Waals surface area contributed by atoms with E-state index in [1.54, 1.807) is 4.90 Å². The van der Waals surface area contributed by atoms with Crippen molar-refractivity contribution < 1.29 is 14.4 Å². The van der Waals surface area contributed by atoms with Crippen LogP contribution < -0.4 is 0 Å². The van der Waals surface area contributed by atoms with Crippen molar-refractivity contribution >= 4 is 17.8 Å². The van der Waals surface area contributed by atoms with Crippen LogP contribution in [0.15, 0.2) is 30.3 Å². The number of carbonyl (C=O) groups excluding carboxylic acids is 3. The third kappa shape index (κ3) is 3.04. The van der Waals surface area contributed by atoms with Crippen LogP contribution in [-0.4, -0.2) is 64.3 Å². The lowest BCUT2D eigenvalue weighted by Gasteiger charge is -2.41. The lowest BCUT2D eigenvalue weighted by atomic mass is 9.74. The van der Waals surface area contributed by atoms with Crippen molar-refractivity contribution in [3.63, 3.8) is 0 Å². The Balaban J connectivity index is 1.29. The highest BCUT2D eigenvalue weighted by atomic mass is 16.2. The van der Waals surface area contributed by atoms with E-state index in [9.17, 15) is 14.4 Å². The van der Waals surface area contributed by atoms with E-state index >= 15 is 0 Å². The van der Waals surface area contributed by atoms with Gasteiger partial charge < -0.3 is 9.80 Å². The van der Waals surface area contributed by atoms with Gasteiger partial charge in [0.2, 0.25) is 5.91 Å². The summed E-state index contributed by atoms with van der Waals surface area (Å²) in [6.07, 6.45) is 6.08. The van der Waals surface area contributed by atoms with Gasteiger partial charge >= 0.3 is 6.03 Å². The lowest BCUT2D eigenvalue weighted by molar-refractivity contribution is -0.146. The van der Waals surface area contributed by atoms with Gasteiger partial charge in [-0.3, -0.25) is 14.5 Å². The Morgan fingerprint density at radius 1 is 1.03 bits per heavy atom. The summed E-state index contributed by atoms with van der Waals surface area (Å²) in [5, 5.41) is 0. The fourth-order valence-corrected chi connectivity index (χ4v) is 5.56. The van der Waals surface area contributed by atoms with E-state index in [2.05, 4.69) is 19.1 Å². The van der Waals surface area contributed by atoms with Gasteiger partial charge in [0.15, 0.2) is 0 Å². The predicted octanol–water partition coefficient (Wildman–Crippen LogP) is 2.99. The largest absolute Gasteiger partial charge is 0.338 e. The second kappa shape index (κ2) is 6.85. The SMILES string of the molecule is CC1(C(=O)N2CCN3C(=O)N([C@H]4C[C@@H]4c4ccccc4)C(=O)[C@@H]3C2)CCCCC1. The zero-order chi connectivity index (χ0) is 20.2. The van der Waals surface area contributed by atoms with Crippen LogP contribution in [0.5, 0.6) is 0 Å². The van der Waals surface area contributed by atoms with Gasteiger partial charge in [0.05, 0.1) is 6.54 Å². The van der Waals surface area contributed by atoms with E-state index in [0.717, 1.165) is 32.1 Å². The van der Waals surface area contributed by atoms with Crippen molar-refractivity contribution in [2.24, 2.45) is 5.41 Å². The smallest absolute Gasteiger partial charge is 0.327 e. The van der Waals surface area contributed by atoms with Crippen LogP contribution in [0, 0.1) is 5.41 Å². The molecule has 1 aromatic rings. The Bertz CT molecular complexity index is 833. The average Bonchev–Trinajstić information content (AvgIpc) is 3.49. The summed E-state index contributed by atoms with van der Waals surface area (Å²) in [7, 11) is 0. The van der Waals surface area contributed by atoms with E-state index < -0.39 is 6.04 Å². The maximum absolute atomic E-state index is 13.2. The number of rotatable bonds is 3. The van der Waals surface area contributed by atoms with Gasteiger partial charge in [-0.05, 0) is 24.8 Å². The van der Waals surface area contributed by atoms with Gasteiger partial charge in [-0.15, -0.1) is 0 Å². The first-order valence-electron chi connectivity index (χ1n) is 11.0. The molecule has 5 rings (SSSR count). The Hall–Kier alpha value is -2.37. The lowest BCUT2D eigenvalue weighted by Crippen LogP contribution is -2.57. The molecule has 154 valence electrons. The van der Waals surface area contributed by atoms with Crippen LogP contribution in [-0.2, 0) is 9.59 Å². The zero-order valence-corrected chi connectivity index (χ0v) is 17.0. The fourth-order valence-electron chi connectivity index (χ4n) is 5.56. The van der Waals surface area contributed by atoms with E-state index in [1.807, 2.05) is 23.1 Å². The molecule has 4 fully saturated rings. The van der Waals surface area contributed by atoms with E-state index in [1.165, 1.54) is 16.9 Å². The van der Waals surface area contributed by atoms with Crippen LogP contribution in [0.1, 0.15) is 56.9 Å². The van der Waals surface area contributed by atoms with Crippen molar-refractivity contribution in [3.8, 4) is 0 Å². The van der Waals surface area contributed by atoms with Crippen molar-refractivity contribution in [1.82, 2.24) is 14.7 Å². The number of carbonyl (C=O) groups is 3. The normalized spacial score (nSPS) is 31.1. The van der Waals surface area contributed by atoms with E-state index in [-0.39, 0.29) is 35.2 Å². The standard InChI is InChI=1S/C23H29N3O3/c1-23(10-6-3-7-11-23)21(28)24-12-13-25-19(15-24)20(27)26(22(25)29)18-14-17(18)16-8-4-2-5-9-16/h2,4-5,8-9,17-19H,3,6-7,10-15H2,1H3/t17-,18+,19+/m1/s1. The number of nitrogens with zero attached hydrogens (tertiary/aromatic N) is 3. The molecule has 4 amide bonds. The number of benzene rings is 1. The van der Waals surface area contributed by atoms with Crippen LogP contribution in [0.2, 0.25) is 0 Å². The summed E-state index contributed by atoms with van der Waals surface area (Å²) in [5.41, 5.74) is 0.880. The minimum absolute atomic E-state index is 0.0389. The number of piperazine rings is 1. The maximum atomic E-state index is 13.2. The fraction of sp³-hybridized carbons (Fsp3) is 0.609. The van der Waals surface area contributed by atoms with E-state index in [4.69, 9.17) is 0 Å². The molecular weight excluding hydrogens is 366 g/mol. The second-order valence-electron chi connectivity index (χ2n) is 9.39. The minimum Gasteiger partial charge on any atom is -0.338 e. The van der Waals surface area contributed by atoms with Crippen molar-refractivity contribution in [1.29, 1.82) is 0 Å². The highest BCUT2D eigenvalue weighted by molar-refractivity contribution is 6.05. The molecule has 2 heterocycles. The molecule has 2 saturated heterocycles. The van der Waals surface area contributed by atoms with Gasteiger partial charge in [0.25, 0.3) is 5.91 Å². The van der Waals surface area contributed by atoms with Crippen molar-refractivity contribution in [3.05, 3.63) is 35.9 Å². The number of amides is 4. The first kappa shape index (κ1) is 18.6. The highest BCUT2D eigenvalue weighted by Gasteiger charge is 2.57. The Morgan fingerprint density at radius 3 is 2.48 bits per heavy atom. The van der Waals surface area contributed by atoms with Gasteiger partial charge in [-0.25, -0.2) is 4.79 Å². The summed E-state index contributed by atoms with van der Waals surface area (Å²) in [6, 6.07) is 9.38. The van der Waals surface area contributed by atoms with Gasteiger partial charge in [-0.2, -0.15) is 0 Å². The van der Waals surface area contributed by atoms with Crippen LogP contribution in [0.4, 0.5) is 4.79 Å².